The normalized spacial score (nSPS) is 12.4. The van der Waals surface area contributed by atoms with Gasteiger partial charge in [0.15, 0.2) is 6.10 Å². The van der Waals surface area contributed by atoms with Gasteiger partial charge in [0, 0.05) is 19.3 Å². The Bertz CT molecular complexity index is 1120. The van der Waals surface area contributed by atoms with Crippen molar-refractivity contribution in [1.82, 2.24) is 0 Å². The number of carbonyl (C=O) groups excluding carboxylic acids is 3. The third-order valence-corrected chi connectivity index (χ3v) is 12.1. The lowest BCUT2D eigenvalue weighted by Gasteiger charge is -2.18. The van der Waals surface area contributed by atoms with E-state index in [1.807, 2.05) is 0 Å². The van der Waals surface area contributed by atoms with Crippen molar-refractivity contribution in [2.45, 2.75) is 290 Å². The lowest BCUT2D eigenvalue weighted by molar-refractivity contribution is -0.167. The molecule has 372 valence electrons. The second-order valence-corrected chi connectivity index (χ2v) is 18.5. The molecule has 1 atom stereocenters. The Morgan fingerprint density at radius 3 is 1.00 bits per heavy atom. The van der Waals surface area contributed by atoms with E-state index in [1.54, 1.807) is 0 Å². The summed E-state index contributed by atoms with van der Waals surface area (Å²) in [6.07, 6.45) is 63.8. The molecule has 0 spiro atoms. The van der Waals surface area contributed by atoms with E-state index in [1.165, 1.54) is 161 Å². The van der Waals surface area contributed by atoms with Crippen LogP contribution >= 0.6 is 0 Å². The minimum Gasteiger partial charge on any atom is -0.462 e. The average Bonchev–Trinajstić information content (AvgIpc) is 3.29. The smallest absolute Gasteiger partial charge is 0.306 e. The zero-order valence-electron chi connectivity index (χ0n) is 42.6. The molecule has 0 fully saturated rings. The Morgan fingerprint density at radius 1 is 0.328 bits per heavy atom. The first kappa shape index (κ1) is 61.4. The third kappa shape index (κ3) is 50.4. The zero-order chi connectivity index (χ0) is 46.5. The lowest BCUT2D eigenvalue weighted by Crippen LogP contribution is -2.30. The van der Waals surface area contributed by atoms with Crippen LogP contribution < -0.4 is 0 Å². The van der Waals surface area contributed by atoms with Crippen LogP contribution in [0.4, 0.5) is 0 Å². The van der Waals surface area contributed by atoms with Crippen LogP contribution in [0.3, 0.4) is 0 Å². The number of hydrogen-bond donors (Lipinski definition) is 0. The number of carbonyl (C=O) groups is 3. The maximum Gasteiger partial charge on any atom is 0.306 e. The summed E-state index contributed by atoms with van der Waals surface area (Å²) in [7, 11) is 0. The van der Waals surface area contributed by atoms with Crippen LogP contribution in [0.5, 0.6) is 0 Å². The Hall–Kier alpha value is -2.63. The van der Waals surface area contributed by atoms with Crippen LogP contribution in [0.1, 0.15) is 284 Å². The Kier molecular flexibility index (Phi) is 50.8. The van der Waals surface area contributed by atoms with Gasteiger partial charge in [0.25, 0.3) is 0 Å². The second kappa shape index (κ2) is 53.0. The predicted octanol–water partition coefficient (Wildman–Crippen LogP) is 18.3. The molecule has 1 unspecified atom stereocenters. The second-order valence-electron chi connectivity index (χ2n) is 18.5. The Labute approximate surface area is 397 Å². The number of esters is 3. The van der Waals surface area contributed by atoms with Gasteiger partial charge in [0.2, 0.25) is 0 Å². The van der Waals surface area contributed by atoms with E-state index in [9.17, 15) is 14.4 Å². The minimum absolute atomic E-state index is 0.0838. The summed E-state index contributed by atoms with van der Waals surface area (Å²) in [4.78, 5) is 38.1. The number of rotatable bonds is 50. The number of hydrogen-bond acceptors (Lipinski definition) is 6. The summed E-state index contributed by atoms with van der Waals surface area (Å²) in [5.41, 5.74) is 0. The van der Waals surface area contributed by atoms with E-state index in [2.05, 4.69) is 69.4 Å². The van der Waals surface area contributed by atoms with Crippen molar-refractivity contribution in [2.24, 2.45) is 0 Å². The highest BCUT2D eigenvalue weighted by atomic mass is 16.6. The van der Waals surface area contributed by atoms with Gasteiger partial charge in [0.1, 0.15) is 13.2 Å². The summed E-state index contributed by atoms with van der Waals surface area (Å²) in [6.45, 7) is 6.60. The topological polar surface area (TPSA) is 78.9 Å². The summed E-state index contributed by atoms with van der Waals surface area (Å²) in [5.74, 6) is -0.907. The van der Waals surface area contributed by atoms with E-state index in [-0.39, 0.29) is 31.1 Å². The lowest BCUT2D eigenvalue weighted by atomic mass is 10.0. The summed E-state index contributed by atoms with van der Waals surface area (Å²) in [5, 5.41) is 0. The van der Waals surface area contributed by atoms with Gasteiger partial charge in [-0.25, -0.2) is 0 Å². The number of allylic oxidation sites excluding steroid dienone is 8. The van der Waals surface area contributed by atoms with Crippen molar-refractivity contribution < 1.29 is 28.6 Å². The molecule has 6 heteroatoms. The molecule has 0 bridgehead atoms. The van der Waals surface area contributed by atoms with Crippen molar-refractivity contribution >= 4 is 17.9 Å². The first-order valence-corrected chi connectivity index (χ1v) is 27.7. The quantitative estimate of drug-likeness (QED) is 0.0199. The van der Waals surface area contributed by atoms with Crippen molar-refractivity contribution in [3.8, 4) is 0 Å². The van der Waals surface area contributed by atoms with Crippen LogP contribution in [0, 0.1) is 0 Å². The van der Waals surface area contributed by atoms with Gasteiger partial charge in [-0.15, -0.1) is 0 Å². The summed E-state index contributed by atoms with van der Waals surface area (Å²) >= 11 is 0. The van der Waals surface area contributed by atoms with Crippen molar-refractivity contribution in [3.63, 3.8) is 0 Å². The standard InChI is InChI=1S/C58H104O6/c1-4-7-10-13-16-19-22-25-27-29-31-33-36-39-42-45-48-51-57(60)63-54-55(53-62-56(59)50-47-44-41-38-35-32-24-21-18-15-12-9-6-3)64-58(61)52-49-46-43-40-37-34-30-28-26-23-20-17-14-11-8-5-2/h16,19,25,27-28,30,34,37,55H,4-15,17-18,20-24,26,29,31-33,35-36,38-54H2,1-3H3/b19-16-,27-25-,30-28-,37-34-. The largest absolute Gasteiger partial charge is 0.462 e. The highest BCUT2D eigenvalue weighted by molar-refractivity contribution is 5.71. The van der Waals surface area contributed by atoms with Gasteiger partial charge < -0.3 is 14.2 Å². The number of ether oxygens (including phenoxy) is 3. The minimum atomic E-state index is -0.787. The molecule has 6 nitrogen and oxygen atoms in total. The molecule has 0 aliphatic rings. The maximum atomic E-state index is 12.8. The molecule has 0 saturated heterocycles. The highest BCUT2D eigenvalue weighted by Crippen LogP contribution is 2.15. The zero-order valence-corrected chi connectivity index (χ0v) is 42.6. The molecule has 0 aliphatic heterocycles. The van der Waals surface area contributed by atoms with Gasteiger partial charge in [-0.05, 0) is 77.0 Å². The molecule has 0 heterocycles. The van der Waals surface area contributed by atoms with Crippen LogP contribution in [0.15, 0.2) is 48.6 Å². The fourth-order valence-corrected chi connectivity index (χ4v) is 7.88. The molecule has 0 aromatic heterocycles. The van der Waals surface area contributed by atoms with Gasteiger partial charge in [-0.3, -0.25) is 14.4 Å². The Morgan fingerprint density at radius 2 is 0.609 bits per heavy atom. The fourth-order valence-electron chi connectivity index (χ4n) is 7.88. The molecular weight excluding hydrogens is 793 g/mol. The molecule has 0 radical (unpaired) electrons. The molecule has 0 amide bonds. The first-order valence-electron chi connectivity index (χ1n) is 27.7. The molecule has 0 rings (SSSR count). The fraction of sp³-hybridized carbons (Fsp3) is 0.810. The SMILES string of the molecule is CCCCC/C=C\C/C=C\CCCCCCCCCC(=O)OCC(COC(=O)CCCCCCCCCCCCCCC)OC(=O)CCCCC/C=C\C=C/CCCCCCCCC. The average molecular weight is 897 g/mol. The number of unbranched alkanes of at least 4 members (excludes halogenated alkanes) is 32. The van der Waals surface area contributed by atoms with E-state index in [4.69, 9.17) is 14.2 Å². The third-order valence-electron chi connectivity index (χ3n) is 12.1. The van der Waals surface area contributed by atoms with E-state index in [0.717, 1.165) is 83.5 Å². The monoisotopic (exact) mass is 897 g/mol. The van der Waals surface area contributed by atoms with Crippen molar-refractivity contribution in [2.75, 3.05) is 13.2 Å². The van der Waals surface area contributed by atoms with Crippen molar-refractivity contribution in [3.05, 3.63) is 48.6 Å². The summed E-state index contributed by atoms with van der Waals surface area (Å²) < 4.78 is 16.8. The molecule has 0 saturated carbocycles. The van der Waals surface area contributed by atoms with E-state index in [0.29, 0.717) is 19.3 Å². The molecule has 0 aromatic carbocycles. The molecule has 0 N–H and O–H groups in total. The maximum absolute atomic E-state index is 12.8. The predicted molar refractivity (Wildman–Crippen MR) is 275 cm³/mol. The van der Waals surface area contributed by atoms with Crippen molar-refractivity contribution in [1.29, 1.82) is 0 Å². The van der Waals surface area contributed by atoms with Crippen LogP contribution in [-0.4, -0.2) is 37.2 Å². The van der Waals surface area contributed by atoms with Crippen LogP contribution in [0.2, 0.25) is 0 Å². The molecule has 64 heavy (non-hydrogen) atoms. The van der Waals surface area contributed by atoms with Gasteiger partial charge in [0.05, 0.1) is 0 Å². The highest BCUT2D eigenvalue weighted by Gasteiger charge is 2.19. The van der Waals surface area contributed by atoms with Crippen LogP contribution in [0.25, 0.3) is 0 Å². The summed E-state index contributed by atoms with van der Waals surface area (Å²) in [6, 6.07) is 0. The van der Waals surface area contributed by atoms with Gasteiger partial charge in [-0.1, -0.05) is 236 Å². The van der Waals surface area contributed by atoms with E-state index >= 15 is 0 Å². The van der Waals surface area contributed by atoms with Gasteiger partial charge in [-0.2, -0.15) is 0 Å². The molecule has 0 aromatic rings. The molecular formula is C58H104O6. The Balaban J connectivity index is 4.41. The van der Waals surface area contributed by atoms with E-state index < -0.39 is 6.10 Å². The van der Waals surface area contributed by atoms with Crippen LogP contribution in [-0.2, 0) is 28.6 Å². The van der Waals surface area contributed by atoms with Gasteiger partial charge >= 0.3 is 17.9 Å². The first-order chi connectivity index (χ1) is 31.5. The molecule has 0 aliphatic carbocycles.